The van der Waals surface area contributed by atoms with Crippen molar-refractivity contribution in [2.75, 3.05) is 14.2 Å². The van der Waals surface area contributed by atoms with Crippen molar-refractivity contribution >= 4 is 46.0 Å². The van der Waals surface area contributed by atoms with Crippen molar-refractivity contribution in [3.8, 4) is 11.5 Å². The van der Waals surface area contributed by atoms with Gasteiger partial charge in [0.2, 0.25) is 0 Å². The van der Waals surface area contributed by atoms with E-state index in [4.69, 9.17) is 26.1 Å². The summed E-state index contributed by atoms with van der Waals surface area (Å²) in [5.41, 5.74) is 2.63. The van der Waals surface area contributed by atoms with Crippen LogP contribution >= 0.6 is 23.4 Å². The molecule has 0 spiro atoms. The number of amides is 1. The quantitative estimate of drug-likeness (QED) is 0.474. The van der Waals surface area contributed by atoms with Gasteiger partial charge in [0.05, 0.1) is 19.9 Å². The van der Waals surface area contributed by atoms with E-state index in [9.17, 15) is 4.79 Å². The Morgan fingerprint density at radius 3 is 2.56 bits per heavy atom. The minimum absolute atomic E-state index is 0.0840. The molecule has 2 heterocycles. The number of fused-ring (bicyclic) bond motifs is 3. The summed E-state index contributed by atoms with van der Waals surface area (Å²) in [6, 6.07) is 11.2. The van der Waals surface area contributed by atoms with Gasteiger partial charge in [0.1, 0.15) is 11.9 Å². The van der Waals surface area contributed by atoms with Crippen LogP contribution in [0.4, 0.5) is 5.69 Å². The molecule has 1 saturated carbocycles. The van der Waals surface area contributed by atoms with E-state index in [1.165, 1.54) is 32.1 Å². The molecule has 34 heavy (non-hydrogen) atoms. The van der Waals surface area contributed by atoms with Crippen LogP contribution in [0.1, 0.15) is 49.7 Å². The van der Waals surface area contributed by atoms with Gasteiger partial charge in [0.15, 0.2) is 16.7 Å². The Morgan fingerprint density at radius 1 is 1.06 bits per heavy atom. The molecule has 3 aliphatic rings. The highest BCUT2D eigenvalue weighted by Gasteiger charge is 2.43. The highest BCUT2D eigenvalue weighted by atomic mass is 35.5. The minimum atomic E-state index is -0.315. The second-order valence-electron chi connectivity index (χ2n) is 8.94. The topological polar surface area (TPSA) is 63.5 Å². The average molecular weight is 498 g/mol. The highest BCUT2D eigenvalue weighted by molar-refractivity contribution is 8.13. The summed E-state index contributed by atoms with van der Waals surface area (Å²) in [6.45, 7) is 0. The minimum Gasteiger partial charge on any atom is -0.493 e. The van der Waals surface area contributed by atoms with E-state index in [1.807, 2.05) is 36.4 Å². The van der Waals surface area contributed by atoms with E-state index in [0.29, 0.717) is 34.0 Å². The smallest absolute Gasteiger partial charge is 0.270 e. The number of rotatable bonds is 6. The van der Waals surface area contributed by atoms with Crippen molar-refractivity contribution in [2.24, 2.45) is 15.9 Å². The number of hydrogen-bond acceptors (Lipinski definition) is 6. The number of carbonyl (C=O) groups excluding carboxylic acids is 1. The maximum Gasteiger partial charge on any atom is 0.270 e. The molecular formula is C26H28ClN3O3S. The Morgan fingerprint density at radius 2 is 1.82 bits per heavy atom. The van der Waals surface area contributed by atoms with Crippen molar-refractivity contribution in [1.82, 2.24) is 4.90 Å². The molecule has 0 bridgehead atoms. The molecule has 0 radical (unpaired) electrons. The van der Waals surface area contributed by atoms with Gasteiger partial charge in [0, 0.05) is 22.4 Å². The van der Waals surface area contributed by atoms with Gasteiger partial charge in [-0.05, 0) is 36.1 Å². The van der Waals surface area contributed by atoms with Crippen LogP contribution in [-0.2, 0) is 10.5 Å². The number of ether oxygens (including phenoxy) is 2. The van der Waals surface area contributed by atoms with Crippen molar-refractivity contribution in [3.63, 3.8) is 0 Å². The molecule has 0 saturated heterocycles. The average Bonchev–Trinajstić information content (AvgIpc) is 3.18. The SMILES string of the molecule is COc1cc2c(cc1OC)C1=NC(=O)[C@H](CC3CCCCC3)N1C(SCc1cccc(Cl)c1)=N2. The fourth-order valence-corrected chi connectivity index (χ4v) is 6.23. The van der Waals surface area contributed by atoms with E-state index in [0.717, 1.165) is 28.4 Å². The lowest BCUT2D eigenvalue weighted by molar-refractivity contribution is -0.120. The standard InChI is InChI=1S/C26H28ClN3O3S/c1-32-22-13-19-20(14-23(22)33-2)28-26(34-15-17-9-6-10-18(27)11-17)30-21(25(31)29-24(19)30)12-16-7-4-3-5-8-16/h6,9-11,13-14,16,21H,3-5,7-8,12,15H2,1-2H3/t21-/m0/s1. The molecule has 6 nitrogen and oxygen atoms in total. The number of methoxy groups -OCH3 is 2. The van der Waals surface area contributed by atoms with E-state index in [2.05, 4.69) is 9.89 Å². The van der Waals surface area contributed by atoms with Gasteiger partial charge in [-0.3, -0.25) is 9.69 Å². The lowest BCUT2D eigenvalue weighted by Crippen LogP contribution is -2.44. The summed E-state index contributed by atoms with van der Waals surface area (Å²) in [6.07, 6.45) is 6.93. The van der Waals surface area contributed by atoms with E-state index >= 15 is 0 Å². The lowest BCUT2D eigenvalue weighted by Gasteiger charge is -2.33. The summed E-state index contributed by atoms with van der Waals surface area (Å²) in [5.74, 6) is 3.00. The van der Waals surface area contributed by atoms with Crippen LogP contribution in [0, 0.1) is 5.92 Å². The van der Waals surface area contributed by atoms with Crippen LogP contribution in [0.25, 0.3) is 0 Å². The zero-order valence-electron chi connectivity index (χ0n) is 19.4. The number of aliphatic imine (C=N–C) groups is 2. The van der Waals surface area contributed by atoms with Crippen LogP contribution < -0.4 is 9.47 Å². The zero-order valence-corrected chi connectivity index (χ0v) is 21.0. The number of thioether (sulfide) groups is 1. The number of amidine groups is 2. The molecule has 0 aromatic heterocycles. The van der Waals surface area contributed by atoms with Crippen molar-refractivity contribution in [3.05, 3.63) is 52.5 Å². The Bertz CT molecular complexity index is 1160. The van der Waals surface area contributed by atoms with Crippen LogP contribution in [-0.4, -0.2) is 42.1 Å². The first kappa shape index (κ1) is 23.2. The summed E-state index contributed by atoms with van der Waals surface area (Å²) in [5, 5.41) is 1.49. The Balaban J connectivity index is 1.51. The highest BCUT2D eigenvalue weighted by Crippen LogP contribution is 2.42. The van der Waals surface area contributed by atoms with Gasteiger partial charge < -0.3 is 9.47 Å². The van der Waals surface area contributed by atoms with Gasteiger partial charge in [-0.2, -0.15) is 4.99 Å². The number of hydrogen-bond donors (Lipinski definition) is 0. The molecule has 1 aliphatic carbocycles. The molecular weight excluding hydrogens is 470 g/mol. The molecule has 178 valence electrons. The summed E-state index contributed by atoms with van der Waals surface area (Å²) in [7, 11) is 3.21. The molecule has 0 N–H and O–H groups in total. The van der Waals surface area contributed by atoms with Gasteiger partial charge in [-0.1, -0.05) is 67.6 Å². The molecule has 1 fully saturated rings. The second kappa shape index (κ2) is 10.0. The zero-order chi connectivity index (χ0) is 23.7. The van der Waals surface area contributed by atoms with E-state index in [-0.39, 0.29) is 11.9 Å². The Labute approximate surface area is 209 Å². The maximum absolute atomic E-state index is 13.2. The number of carbonyl (C=O) groups is 1. The molecule has 2 aliphatic heterocycles. The third-order valence-electron chi connectivity index (χ3n) is 6.74. The fourth-order valence-electron chi connectivity index (χ4n) is 5.02. The molecule has 5 rings (SSSR count). The van der Waals surface area contributed by atoms with Crippen molar-refractivity contribution in [2.45, 2.75) is 50.3 Å². The van der Waals surface area contributed by atoms with Crippen molar-refractivity contribution in [1.29, 1.82) is 0 Å². The Kier molecular flexibility index (Phi) is 6.84. The first-order chi connectivity index (χ1) is 16.6. The normalized spacial score (nSPS) is 19.9. The number of nitrogens with zero attached hydrogens (tertiary/aromatic N) is 3. The summed E-state index contributed by atoms with van der Waals surface area (Å²) >= 11 is 7.80. The van der Waals surface area contributed by atoms with Gasteiger partial charge in [-0.15, -0.1) is 0 Å². The summed E-state index contributed by atoms with van der Waals surface area (Å²) < 4.78 is 11.0. The van der Waals surface area contributed by atoms with Crippen LogP contribution in [0.2, 0.25) is 5.02 Å². The number of halogens is 1. The Hall–Kier alpha value is -2.51. The molecule has 2 aromatic carbocycles. The maximum atomic E-state index is 13.2. The van der Waals surface area contributed by atoms with Gasteiger partial charge >= 0.3 is 0 Å². The molecule has 0 unspecified atom stereocenters. The molecule has 1 atom stereocenters. The van der Waals surface area contributed by atoms with Gasteiger partial charge in [-0.25, -0.2) is 4.99 Å². The predicted molar refractivity (Wildman–Crippen MR) is 138 cm³/mol. The van der Waals surface area contributed by atoms with Crippen LogP contribution in [0.5, 0.6) is 11.5 Å². The summed E-state index contributed by atoms with van der Waals surface area (Å²) in [4.78, 5) is 24.8. The fraction of sp³-hybridized carbons (Fsp3) is 0.423. The molecule has 8 heteroatoms. The third-order valence-corrected chi connectivity index (χ3v) is 8.00. The van der Waals surface area contributed by atoms with E-state index < -0.39 is 0 Å². The van der Waals surface area contributed by atoms with Crippen LogP contribution in [0.15, 0.2) is 46.4 Å². The monoisotopic (exact) mass is 497 g/mol. The second-order valence-corrected chi connectivity index (χ2v) is 10.3. The predicted octanol–water partition coefficient (Wildman–Crippen LogP) is 6.22. The van der Waals surface area contributed by atoms with Gasteiger partial charge in [0.25, 0.3) is 5.91 Å². The van der Waals surface area contributed by atoms with Crippen molar-refractivity contribution < 1.29 is 14.3 Å². The van der Waals surface area contributed by atoms with E-state index in [1.54, 1.807) is 26.0 Å². The first-order valence-corrected chi connectivity index (χ1v) is 13.1. The first-order valence-electron chi connectivity index (χ1n) is 11.7. The third kappa shape index (κ3) is 4.56. The largest absolute Gasteiger partial charge is 0.493 e. The molecule has 1 amide bonds. The lowest BCUT2D eigenvalue weighted by atomic mass is 9.84. The molecule has 2 aromatic rings. The number of benzene rings is 2. The van der Waals surface area contributed by atoms with Crippen LogP contribution in [0.3, 0.4) is 0 Å².